The second kappa shape index (κ2) is 5.16. The molecule has 1 heterocycles. The Bertz CT molecular complexity index is 547. The maximum absolute atomic E-state index is 12.4. The van der Waals surface area contributed by atoms with Crippen molar-refractivity contribution in [1.29, 1.82) is 0 Å². The van der Waals surface area contributed by atoms with Crippen LogP contribution in [0.25, 0.3) is 0 Å². The van der Waals surface area contributed by atoms with Crippen molar-refractivity contribution in [1.82, 2.24) is 4.31 Å². The molecule has 1 aliphatic heterocycles. The van der Waals surface area contributed by atoms with Crippen LogP contribution in [0.15, 0.2) is 27.6 Å². The Morgan fingerprint density at radius 1 is 1.50 bits per heavy atom. The first-order chi connectivity index (χ1) is 8.45. The minimum atomic E-state index is -3.54. The number of anilines is 1. The highest BCUT2D eigenvalue weighted by Crippen LogP contribution is 2.28. The third kappa shape index (κ3) is 2.54. The predicted octanol–water partition coefficient (Wildman–Crippen LogP) is 1.44. The van der Waals surface area contributed by atoms with Gasteiger partial charge in [0.1, 0.15) is 4.90 Å². The summed E-state index contributed by atoms with van der Waals surface area (Å²) >= 11 is 3.26. The molecule has 0 amide bonds. The third-order valence-corrected chi connectivity index (χ3v) is 5.45. The van der Waals surface area contributed by atoms with E-state index < -0.39 is 10.0 Å². The number of rotatable bonds is 3. The summed E-state index contributed by atoms with van der Waals surface area (Å²) in [5.74, 6) is 0. The van der Waals surface area contributed by atoms with Gasteiger partial charge in [0.15, 0.2) is 0 Å². The van der Waals surface area contributed by atoms with Crippen molar-refractivity contribution in [3.05, 3.63) is 22.7 Å². The Morgan fingerprint density at radius 2 is 2.22 bits per heavy atom. The lowest BCUT2D eigenvalue weighted by molar-refractivity contribution is 0.115. The number of nitrogen functional groups attached to an aromatic ring is 1. The monoisotopic (exact) mass is 334 g/mol. The van der Waals surface area contributed by atoms with Crippen molar-refractivity contribution in [2.45, 2.75) is 17.4 Å². The molecule has 0 aliphatic carbocycles. The lowest BCUT2D eigenvalue weighted by Gasteiger charge is -2.17. The molecule has 2 rings (SSSR count). The van der Waals surface area contributed by atoms with Crippen molar-refractivity contribution >= 4 is 31.6 Å². The maximum atomic E-state index is 12.4. The fourth-order valence-electron chi connectivity index (χ4n) is 1.98. The van der Waals surface area contributed by atoms with Gasteiger partial charge in [-0.2, -0.15) is 4.31 Å². The van der Waals surface area contributed by atoms with E-state index in [0.717, 1.165) is 0 Å². The van der Waals surface area contributed by atoms with Crippen LogP contribution in [-0.4, -0.2) is 39.0 Å². The van der Waals surface area contributed by atoms with Crippen LogP contribution in [0.5, 0.6) is 0 Å². The average Bonchev–Trinajstić information content (AvgIpc) is 2.81. The first kappa shape index (κ1) is 13.8. The van der Waals surface area contributed by atoms with Gasteiger partial charge in [0.05, 0.1) is 11.8 Å². The van der Waals surface area contributed by atoms with Crippen LogP contribution < -0.4 is 5.73 Å². The zero-order valence-corrected chi connectivity index (χ0v) is 12.4. The van der Waals surface area contributed by atoms with Gasteiger partial charge < -0.3 is 10.5 Å². The van der Waals surface area contributed by atoms with Crippen molar-refractivity contribution < 1.29 is 13.2 Å². The molecule has 5 nitrogen and oxygen atoms in total. The number of halogens is 1. The molecular formula is C11H15BrN2O3S. The predicted molar refractivity (Wildman–Crippen MR) is 72.7 cm³/mol. The van der Waals surface area contributed by atoms with Crippen LogP contribution in [-0.2, 0) is 14.8 Å². The molecule has 100 valence electrons. The molecule has 1 aromatic rings. The summed E-state index contributed by atoms with van der Waals surface area (Å²) in [6.07, 6.45) is 0.678. The highest BCUT2D eigenvalue weighted by Gasteiger charge is 2.33. The normalized spacial score (nSPS) is 21.3. The molecule has 2 N–H and O–H groups in total. The molecule has 1 atom stereocenters. The van der Waals surface area contributed by atoms with Crippen LogP contribution in [0, 0.1) is 0 Å². The molecule has 1 unspecified atom stereocenters. The average molecular weight is 335 g/mol. The van der Waals surface area contributed by atoms with Gasteiger partial charge in [-0.15, -0.1) is 0 Å². The molecule has 0 aromatic heterocycles. The highest BCUT2D eigenvalue weighted by molar-refractivity contribution is 9.10. The number of ether oxygens (including phenoxy) is 1. The third-order valence-electron chi connectivity index (χ3n) is 3.03. The minimum Gasteiger partial charge on any atom is -0.398 e. The summed E-state index contributed by atoms with van der Waals surface area (Å²) in [5, 5.41) is 0. The van der Waals surface area contributed by atoms with E-state index in [-0.39, 0.29) is 16.7 Å². The Hall–Kier alpha value is -0.630. The molecule has 0 radical (unpaired) electrons. The van der Waals surface area contributed by atoms with Gasteiger partial charge >= 0.3 is 0 Å². The van der Waals surface area contributed by atoms with E-state index in [2.05, 4.69) is 15.9 Å². The van der Waals surface area contributed by atoms with Gasteiger partial charge in [-0.1, -0.05) is 15.9 Å². The Labute approximate surface area is 115 Å². The number of nitrogens with zero attached hydrogens (tertiary/aromatic N) is 1. The number of sulfonamides is 1. The van der Waals surface area contributed by atoms with Crippen LogP contribution in [0.2, 0.25) is 0 Å². The van der Waals surface area contributed by atoms with Gasteiger partial charge in [0.25, 0.3) is 0 Å². The summed E-state index contributed by atoms with van der Waals surface area (Å²) in [5.41, 5.74) is 6.02. The van der Waals surface area contributed by atoms with E-state index in [1.807, 2.05) is 0 Å². The lowest BCUT2D eigenvalue weighted by atomic mass is 10.3. The van der Waals surface area contributed by atoms with Crippen LogP contribution in [0.4, 0.5) is 5.69 Å². The quantitative estimate of drug-likeness (QED) is 0.849. The van der Waals surface area contributed by atoms with E-state index in [9.17, 15) is 8.42 Å². The summed E-state index contributed by atoms with van der Waals surface area (Å²) in [6.45, 7) is 0.845. The second-order valence-electron chi connectivity index (χ2n) is 4.19. The smallest absolute Gasteiger partial charge is 0.245 e. The van der Waals surface area contributed by atoms with Crippen molar-refractivity contribution in [2.24, 2.45) is 0 Å². The van der Waals surface area contributed by atoms with Gasteiger partial charge in [-0.05, 0) is 24.6 Å². The number of methoxy groups -OCH3 is 1. The van der Waals surface area contributed by atoms with Crippen LogP contribution in [0.3, 0.4) is 0 Å². The molecule has 1 fully saturated rings. The molecule has 0 bridgehead atoms. The van der Waals surface area contributed by atoms with Crippen LogP contribution in [0.1, 0.15) is 6.42 Å². The van der Waals surface area contributed by atoms with Gasteiger partial charge in [-0.25, -0.2) is 8.42 Å². The van der Waals surface area contributed by atoms with Crippen molar-refractivity contribution in [3.63, 3.8) is 0 Å². The SMILES string of the molecule is COC1CCN(S(=O)(=O)c2cc(Br)ccc2N)C1. The molecule has 7 heteroatoms. The first-order valence-electron chi connectivity index (χ1n) is 5.53. The van der Waals surface area contributed by atoms with E-state index in [4.69, 9.17) is 10.5 Å². The summed E-state index contributed by atoms with van der Waals surface area (Å²) in [4.78, 5) is 0.147. The Balaban J connectivity index is 2.34. The van der Waals surface area contributed by atoms with Crippen molar-refractivity contribution in [2.75, 3.05) is 25.9 Å². The summed E-state index contributed by atoms with van der Waals surface area (Å²) in [6, 6.07) is 4.84. The lowest BCUT2D eigenvalue weighted by Crippen LogP contribution is -2.30. The summed E-state index contributed by atoms with van der Waals surface area (Å²) in [7, 11) is -1.95. The van der Waals surface area contributed by atoms with E-state index in [1.54, 1.807) is 19.2 Å². The second-order valence-corrected chi connectivity index (χ2v) is 7.01. The molecule has 1 aromatic carbocycles. The largest absolute Gasteiger partial charge is 0.398 e. The molecular weight excluding hydrogens is 320 g/mol. The zero-order chi connectivity index (χ0) is 13.3. The Morgan fingerprint density at radius 3 is 2.83 bits per heavy atom. The molecule has 0 saturated carbocycles. The maximum Gasteiger partial charge on any atom is 0.245 e. The topological polar surface area (TPSA) is 72.6 Å². The van der Waals surface area contributed by atoms with Gasteiger partial charge in [-0.3, -0.25) is 0 Å². The summed E-state index contributed by atoms with van der Waals surface area (Å²) < 4.78 is 32.2. The number of hydrogen-bond donors (Lipinski definition) is 1. The number of benzene rings is 1. The minimum absolute atomic E-state index is 0.0341. The molecule has 1 aliphatic rings. The molecule has 0 spiro atoms. The van der Waals surface area contributed by atoms with Crippen molar-refractivity contribution in [3.8, 4) is 0 Å². The van der Waals surface area contributed by atoms with Gasteiger partial charge in [0, 0.05) is 24.7 Å². The number of nitrogens with two attached hydrogens (primary N) is 1. The Kier molecular flexibility index (Phi) is 3.96. The first-order valence-corrected chi connectivity index (χ1v) is 7.76. The highest BCUT2D eigenvalue weighted by atomic mass is 79.9. The van der Waals surface area contributed by atoms with E-state index >= 15 is 0 Å². The fraction of sp³-hybridized carbons (Fsp3) is 0.455. The van der Waals surface area contributed by atoms with E-state index in [0.29, 0.717) is 24.0 Å². The zero-order valence-electron chi connectivity index (χ0n) is 9.97. The standard InChI is InChI=1S/C11H15BrN2O3S/c1-17-9-4-5-14(7-9)18(15,16)11-6-8(12)2-3-10(11)13/h2-3,6,9H,4-5,7,13H2,1H3. The van der Waals surface area contributed by atoms with E-state index in [1.165, 1.54) is 10.4 Å². The van der Waals surface area contributed by atoms with Gasteiger partial charge in [0.2, 0.25) is 10.0 Å². The molecule has 18 heavy (non-hydrogen) atoms. The number of hydrogen-bond acceptors (Lipinski definition) is 4. The fourth-order valence-corrected chi connectivity index (χ4v) is 4.12. The van der Waals surface area contributed by atoms with Crippen LogP contribution >= 0.6 is 15.9 Å². The molecule has 1 saturated heterocycles.